The Hall–Kier alpha value is -1.97. The van der Waals surface area contributed by atoms with Crippen LogP contribution in [0.4, 0.5) is 5.69 Å². The summed E-state index contributed by atoms with van der Waals surface area (Å²) in [5, 5.41) is 0. The molecule has 1 aromatic heterocycles. The fourth-order valence-corrected chi connectivity index (χ4v) is 3.96. The normalized spacial score (nSPS) is 12.1. The summed E-state index contributed by atoms with van der Waals surface area (Å²) in [7, 11) is -4.69. The van der Waals surface area contributed by atoms with Crippen molar-refractivity contribution in [3.63, 3.8) is 0 Å². The van der Waals surface area contributed by atoms with Gasteiger partial charge in [-0.3, -0.25) is 9.29 Å². The van der Waals surface area contributed by atoms with Crippen LogP contribution in [0.25, 0.3) is 0 Å². The van der Waals surface area contributed by atoms with Crippen molar-refractivity contribution >= 4 is 25.7 Å². The second-order valence-electron chi connectivity index (χ2n) is 4.81. The maximum atomic E-state index is 12.6. The van der Waals surface area contributed by atoms with Gasteiger partial charge in [-0.1, -0.05) is 0 Å². The average Bonchev–Trinajstić information content (AvgIpc) is 2.54. The topological polar surface area (TPSA) is 96.4 Å². The van der Waals surface area contributed by atoms with E-state index in [-0.39, 0.29) is 9.79 Å². The van der Waals surface area contributed by atoms with Crippen LogP contribution >= 0.6 is 0 Å². The molecule has 1 heterocycles. The van der Waals surface area contributed by atoms with E-state index in [1.807, 2.05) is 0 Å². The van der Waals surface area contributed by atoms with E-state index < -0.39 is 20.0 Å². The number of hydrogen-bond donors (Lipinski definition) is 1. The molecule has 0 radical (unpaired) electrons. The van der Waals surface area contributed by atoms with E-state index in [0.717, 1.165) is 9.87 Å². The van der Waals surface area contributed by atoms with Gasteiger partial charge >= 0.3 is 0 Å². The largest absolute Gasteiger partial charge is 0.268 e. The van der Waals surface area contributed by atoms with Crippen LogP contribution in [0.3, 0.4) is 0 Å². The number of aromatic nitrogens is 1. The fourth-order valence-electron chi connectivity index (χ4n) is 1.98. The van der Waals surface area contributed by atoms with Crippen molar-refractivity contribution in [1.82, 2.24) is 9.71 Å². The SMILES string of the molecule is CNS(=O)(=O)c1ccc(S(=O)(=O)N(C)c2cnccc2C)cc1. The molecule has 0 aliphatic heterocycles. The lowest BCUT2D eigenvalue weighted by Gasteiger charge is -2.21. The van der Waals surface area contributed by atoms with Crippen molar-refractivity contribution < 1.29 is 16.8 Å². The molecule has 0 atom stereocenters. The van der Waals surface area contributed by atoms with Crippen molar-refractivity contribution in [2.75, 3.05) is 18.4 Å². The van der Waals surface area contributed by atoms with Gasteiger partial charge in [0.15, 0.2) is 0 Å². The molecule has 2 aromatic rings. The fraction of sp³-hybridized carbons (Fsp3) is 0.214. The molecule has 0 saturated carbocycles. The van der Waals surface area contributed by atoms with Crippen molar-refractivity contribution in [1.29, 1.82) is 0 Å². The first-order valence-corrected chi connectivity index (χ1v) is 9.55. The number of nitrogens with one attached hydrogen (secondary N) is 1. The quantitative estimate of drug-likeness (QED) is 0.867. The zero-order chi connectivity index (χ0) is 17.3. The van der Waals surface area contributed by atoms with Crippen molar-refractivity contribution in [2.45, 2.75) is 16.7 Å². The van der Waals surface area contributed by atoms with Crippen LogP contribution in [-0.4, -0.2) is 35.9 Å². The molecule has 0 fully saturated rings. The summed E-state index contributed by atoms with van der Waals surface area (Å²) in [6, 6.07) is 6.75. The van der Waals surface area contributed by atoms with Gasteiger partial charge in [0.2, 0.25) is 10.0 Å². The molecule has 0 bridgehead atoms. The molecule has 0 aliphatic rings. The monoisotopic (exact) mass is 355 g/mol. The molecule has 0 unspecified atom stereocenters. The maximum Gasteiger partial charge on any atom is 0.264 e. The van der Waals surface area contributed by atoms with E-state index in [1.165, 1.54) is 44.6 Å². The molecule has 7 nitrogen and oxygen atoms in total. The third-order valence-electron chi connectivity index (χ3n) is 3.41. The Bertz CT molecular complexity index is 907. The Labute approximate surface area is 136 Å². The average molecular weight is 355 g/mol. The first-order valence-electron chi connectivity index (χ1n) is 6.63. The second-order valence-corrected chi connectivity index (χ2v) is 8.67. The van der Waals surface area contributed by atoms with Crippen LogP contribution in [0.5, 0.6) is 0 Å². The highest BCUT2D eigenvalue weighted by Gasteiger charge is 2.23. The second kappa shape index (κ2) is 6.26. The molecule has 23 heavy (non-hydrogen) atoms. The zero-order valence-corrected chi connectivity index (χ0v) is 14.5. The predicted octanol–water partition coefficient (Wildman–Crippen LogP) is 1.12. The van der Waals surface area contributed by atoms with Gasteiger partial charge in [-0.05, 0) is 49.9 Å². The molecular formula is C14H17N3O4S2. The van der Waals surface area contributed by atoms with Gasteiger partial charge in [-0.25, -0.2) is 21.6 Å². The number of pyridine rings is 1. The number of hydrogen-bond acceptors (Lipinski definition) is 5. The summed E-state index contributed by atoms with van der Waals surface area (Å²) in [4.78, 5) is 3.94. The first-order chi connectivity index (χ1) is 10.7. The van der Waals surface area contributed by atoms with E-state index >= 15 is 0 Å². The molecule has 0 saturated heterocycles. The minimum Gasteiger partial charge on any atom is -0.268 e. The highest BCUT2D eigenvalue weighted by atomic mass is 32.2. The van der Waals surface area contributed by atoms with E-state index in [9.17, 15) is 16.8 Å². The standard InChI is InChI=1S/C14H17N3O4S2/c1-11-8-9-16-10-14(11)17(3)23(20,21)13-6-4-12(5-7-13)22(18,19)15-2/h4-10,15H,1-3H3. The first kappa shape index (κ1) is 17.4. The van der Waals surface area contributed by atoms with Crippen molar-refractivity contribution in [3.05, 3.63) is 48.3 Å². The lowest BCUT2D eigenvalue weighted by molar-refractivity contribution is 0.586. The van der Waals surface area contributed by atoms with Gasteiger partial charge in [0.1, 0.15) is 0 Å². The van der Waals surface area contributed by atoms with Gasteiger partial charge in [0.25, 0.3) is 10.0 Å². The van der Waals surface area contributed by atoms with Gasteiger partial charge in [-0.2, -0.15) is 0 Å². The summed E-state index contributed by atoms with van der Waals surface area (Å²) in [5.41, 5.74) is 1.22. The van der Waals surface area contributed by atoms with E-state index in [1.54, 1.807) is 19.2 Å². The number of benzene rings is 1. The molecule has 124 valence electrons. The van der Waals surface area contributed by atoms with Crippen LogP contribution in [0.1, 0.15) is 5.56 Å². The molecule has 9 heteroatoms. The van der Waals surface area contributed by atoms with Gasteiger partial charge in [-0.15, -0.1) is 0 Å². The summed E-state index contributed by atoms with van der Waals surface area (Å²) >= 11 is 0. The molecular weight excluding hydrogens is 338 g/mol. The Kier molecular flexibility index (Phi) is 4.73. The molecule has 1 aromatic carbocycles. The number of anilines is 1. The van der Waals surface area contributed by atoms with Gasteiger partial charge in [0.05, 0.1) is 21.7 Å². The van der Waals surface area contributed by atoms with Gasteiger partial charge < -0.3 is 0 Å². The van der Waals surface area contributed by atoms with Crippen LogP contribution < -0.4 is 9.03 Å². The minimum atomic E-state index is -3.81. The van der Waals surface area contributed by atoms with Gasteiger partial charge in [0, 0.05) is 13.2 Å². The molecule has 0 spiro atoms. The van der Waals surface area contributed by atoms with Crippen molar-refractivity contribution in [3.8, 4) is 0 Å². The Balaban J connectivity index is 2.43. The van der Waals surface area contributed by atoms with E-state index in [2.05, 4.69) is 9.71 Å². The zero-order valence-electron chi connectivity index (χ0n) is 12.9. The minimum absolute atomic E-state index is 0.000776. The summed E-state index contributed by atoms with van der Waals surface area (Å²) < 4.78 is 52.0. The van der Waals surface area contributed by atoms with Crippen LogP contribution in [0.2, 0.25) is 0 Å². The highest BCUT2D eigenvalue weighted by Crippen LogP contribution is 2.24. The molecule has 2 rings (SSSR count). The predicted molar refractivity (Wildman–Crippen MR) is 87.3 cm³/mol. The van der Waals surface area contributed by atoms with Crippen molar-refractivity contribution in [2.24, 2.45) is 0 Å². The summed E-state index contributed by atoms with van der Waals surface area (Å²) in [5.74, 6) is 0. The number of sulfonamides is 2. The van der Waals surface area contributed by atoms with E-state index in [0.29, 0.717) is 5.69 Å². The van der Waals surface area contributed by atoms with E-state index in [4.69, 9.17) is 0 Å². The lowest BCUT2D eigenvalue weighted by atomic mass is 10.2. The summed E-state index contributed by atoms with van der Waals surface area (Å²) in [6.45, 7) is 1.78. The van der Waals surface area contributed by atoms with Crippen LogP contribution in [0.15, 0.2) is 52.5 Å². The third-order valence-corrected chi connectivity index (χ3v) is 6.63. The molecule has 0 amide bonds. The maximum absolute atomic E-state index is 12.6. The number of nitrogens with zero attached hydrogens (tertiary/aromatic N) is 2. The smallest absolute Gasteiger partial charge is 0.264 e. The number of aryl methyl sites for hydroxylation is 1. The Morgan fingerprint density at radius 2 is 1.57 bits per heavy atom. The third kappa shape index (κ3) is 3.36. The molecule has 1 N–H and O–H groups in total. The number of rotatable bonds is 5. The highest BCUT2D eigenvalue weighted by molar-refractivity contribution is 7.92. The van der Waals surface area contributed by atoms with Crippen LogP contribution in [-0.2, 0) is 20.0 Å². The Morgan fingerprint density at radius 3 is 2.09 bits per heavy atom. The molecule has 0 aliphatic carbocycles. The lowest BCUT2D eigenvalue weighted by Crippen LogP contribution is -2.27. The Morgan fingerprint density at radius 1 is 1.00 bits per heavy atom. The van der Waals surface area contributed by atoms with Crippen LogP contribution in [0, 0.1) is 6.92 Å². The summed E-state index contributed by atoms with van der Waals surface area (Å²) in [6.07, 6.45) is 3.05.